The molecule has 0 saturated carbocycles. The lowest BCUT2D eigenvalue weighted by molar-refractivity contribution is 0.410. The number of benzene rings is 1. The lowest BCUT2D eigenvalue weighted by Crippen LogP contribution is -2.05. The summed E-state index contributed by atoms with van der Waals surface area (Å²) in [6.45, 7) is 0.703. The van der Waals surface area contributed by atoms with Gasteiger partial charge in [-0.15, -0.1) is 0 Å². The average Bonchev–Trinajstić information content (AvgIpc) is 2.72. The van der Waals surface area contributed by atoms with E-state index in [1.165, 1.54) is 0 Å². The van der Waals surface area contributed by atoms with Gasteiger partial charge in [0.1, 0.15) is 5.75 Å². The van der Waals surface area contributed by atoms with Crippen molar-refractivity contribution in [3.05, 3.63) is 42.2 Å². The Labute approximate surface area is 94.9 Å². The molecule has 2 aromatic rings. The summed E-state index contributed by atoms with van der Waals surface area (Å²) >= 11 is 0. The second-order valence-corrected chi connectivity index (χ2v) is 3.53. The van der Waals surface area contributed by atoms with Gasteiger partial charge in [-0.25, -0.2) is 4.98 Å². The van der Waals surface area contributed by atoms with Crippen molar-refractivity contribution in [1.29, 1.82) is 0 Å². The SMILES string of the molecule is COc1ccccc1CNc1nccn1C. The summed E-state index contributed by atoms with van der Waals surface area (Å²) in [5, 5.41) is 3.26. The van der Waals surface area contributed by atoms with E-state index in [1.807, 2.05) is 42.1 Å². The number of nitrogens with one attached hydrogen (secondary N) is 1. The molecule has 2 rings (SSSR count). The van der Waals surface area contributed by atoms with E-state index in [2.05, 4.69) is 10.3 Å². The first kappa shape index (κ1) is 10.5. The maximum Gasteiger partial charge on any atom is 0.202 e. The summed E-state index contributed by atoms with van der Waals surface area (Å²) in [4.78, 5) is 4.20. The molecule has 1 aromatic carbocycles. The van der Waals surface area contributed by atoms with Crippen LogP contribution in [0.1, 0.15) is 5.56 Å². The van der Waals surface area contributed by atoms with Crippen LogP contribution in [0.4, 0.5) is 5.95 Å². The van der Waals surface area contributed by atoms with Gasteiger partial charge in [-0.2, -0.15) is 0 Å². The molecule has 4 heteroatoms. The summed E-state index contributed by atoms with van der Waals surface area (Å²) in [6, 6.07) is 7.95. The molecule has 0 saturated heterocycles. The van der Waals surface area contributed by atoms with Crippen molar-refractivity contribution in [2.75, 3.05) is 12.4 Å². The van der Waals surface area contributed by atoms with Gasteiger partial charge >= 0.3 is 0 Å². The maximum absolute atomic E-state index is 5.28. The van der Waals surface area contributed by atoms with E-state index in [4.69, 9.17) is 4.74 Å². The Bertz CT molecular complexity index is 465. The summed E-state index contributed by atoms with van der Waals surface area (Å²) < 4.78 is 7.22. The van der Waals surface area contributed by atoms with Crippen LogP contribution in [0.15, 0.2) is 36.7 Å². The number of aromatic nitrogens is 2. The first-order valence-corrected chi connectivity index (χ1v) is 5.14. The Morgan fingerprint density at radius 3 is 2.88 bits per heavy atom. The fourth-order valence-electron chi connectivity index (χ4n) is 1.56. The van der Waals surface area contributed by atoms with E-state index in [0.29, 0.717) is 6.54 Å². The number of aryl methyl sites for hydroxylation is 1. The lowest BCUT2D eigenvalue weighted by Gasteiger charge is -2.09. The zero-order valence-electron chi connectivity index (χ0n) is 9.47. The van der Waals surface area contributed by atoms with Gasteiger partial charge in [0.15, 0.2) is 0 Å². The van der Waals surface area contributed by atoms with E-state index in [-0.39, 0.29) is 0 Å². The standard InChI is InChI=1S/C12H15N3O/c1-15-8-7-13-12(15)14-9-10-5-3-4-6-11(10)16-2/h3-8H,9H2,1-2H3,(H,13,14). The van der Waals surface area contributed by atoms with E-state index >= 15 is 0 Å². The predicted molar refractivity (Wildman–Crippen MR) is 63.5 cm³/mol. The number of methoxy groups -OCH3 is 1. The third-order valence-electron chi connectivity index (χ3n) is 2.45. The fraction of sp³-hybridized carbons (Fsp3) is 0.250. The maximum atomic E-state index is 5.28. The molecule has 0 aliphatic heterocycles. The van der Waals surface area contributed by atoms with Crippen molar-refractivity contribution in [2.45, 2.75) is 6.54 Å². The highest BCUT2D eigenvalue weighted by Crippen LogP contribution is 2.18. The lowest BCUT2D eigenvalue weighted by atomic mass is 10.2. The molecule has 0 fully saturated rings. The Hall–Kier alpha value is -1.97. The largest absolute Gasteiger partial charge is 0.496 e. The van der Waals surface area contributed by atoms with Crippen LogP contribution in [-0.4, -0.2) is 16.7 Å². The topological polar surface area (TPSA) is 39.1 Å². The van der Waals surface area contributed by atoms with E-state index in [9.17, 15) is 0 Å². The Kier molecular flexibility index (Phi) is 3.10. The van der Waals surface area contributed by atoms with E-state index in [0.717, 1.165) is 17.3 Å². The highest BCUT2D eigenvalue weighted by Gasteiger charge is 2.02. The normalized spacial score (nSPS) is 10.1. The number of imidazole rings is 1. The molecule has 0 radical (unpaired) electrons. The van der Waals surface area contributed by atoms with Crippen LogP contribution < -0.4 is 10.1 Å². The fourth-order valence-corrected chi connectivity index (χ4v) is 1.56. The summed E-state index contributed by atoms with van der Waals surface area (Å²) in [5.41, 5.74) is 1.12. The zero-order chi connectivity index (χ0) is 11.4. The smallest absolute Gasteiger partial charge is 0.202 e. The molecular weight excluding hydrogens is 202 g/mol. The van der Waals surface area contributed by atoms with Crippen LogP contribution in [0, 0.1) is 0 Å². The molecule has 0 aliphatic rings. The van der Waals surface area contributed by atoms with Crippen LogP contribution in [0.2, 0.25) is 0 Å². The minimum Gasteiger partial charge on any atom is -0.496 e. The molecule has 84 valence electrons. The van der Waals surface area contributed by atoms with Crippen molar-refractivity contribution < 1.29 is 4.74 Å². The molecule has 0 aliphatic carbocycles. The van der Waals surface area contributed by atoms with Gasteiger partial charge in [0.25, 0.3) is 0 Å². The quantitative estimate of drug-likeness (QED) is 0.851. The van der Waals surface area contributed by atoms with Crippen LogP contribution in [-0.2, 0) is 13.6 Å². The van der Waals surface area contributed by atoms with E-state index in [1.54, 1.807) is 13.3 Å². The predicted octanol–water partition coefficient (Wildman–Crippen LogP) is 2.04. The minimum absolute atomic E-state index is 0.703. The van der Waals surface area contributed by atoms with Crippen molar-refractivity contribution in [3.8, 4) is 5.75 Å². The number of anilines is 1. The highest BCUT2D eigenvalue weighted by atomic mass is 16.5. The van der Waals surface area contributed by atoms with Gasteiger partial charge in [-0.3, -0.25) is 0 Å². The molecule has 1 N–H and O–H groups in total. The molecule has 1 heterocycles. The van der Waals surface area contributed by atoms with Crippen molar-refractivity contribution in [3.63, 3.8) is 0 Å². The summed E-state index contributed by atoms with van der Waals surface area (Å²) in [5.74, 6) is 1.75. The number of ether oxygens (including phenoxy) is 1. The molecule has 0 amide bonds. The third-order valence-corrected chi connectivity index (χ3v) is 2.45. The molecule has 0 bridgehead atoms. The van der Waals surface area contributed by atoms with Crippen molar-refractivity contribution in [2.24, 2.45) is 7.05 Å². The molecule has 0 unspecified atom stereocenters. The number of hydrogen-bond donors (Lipinski definition) is 1. The Morgan fingerprint density at radius 1 is 1.38 bits per heavy atom. The first-order chi connectivity index (χ1) is 7.81. The summed E-state index contributed by atoms with van der Waals surface area (Å²) in [6.07, 6.45) is 3.68. The van der Waals surface area contributed by atoms with Gasteiger partial charge in [0.05, 0.1) is 7.11 Å². The van der Waals surface area contributed by atoms with Gasteiger partial charge in [0, 0.05) is 31.5 Å². The second kappa shape index (κ2) is 4.70. The van der Waals surface area contributed by atoms with Gasteiger partial charge in [0.2, 0.25) is 5.95 Å². The van der Waals surface area contributed by atoms with E-state index < -0.39 is 0 Å². The zero-order valence-corrected chi connectivity index (χ0v) is 9.47. The Morgan fingerprint density at radius 2 is 2.19 bits per heavy atom. The Balaban J connectivity index is 2.07. The number of rotatable bonds is 4. The van der Waals surface area contributed by atoms with Gasteiger partial charge in [-0.05, 0) is 6.07 Å². The number of para-hydroxylation sites is 1. The summed E-state index contributed by atoms with van der Waals surface area (Å²) in [7, 11) is 3.64. The van der Waals surface area contributed by atoms with Crippen LogP contribution in [0.3, 0.4) is 0 Å². The molecule has 1 aromatic heterocycles. The highest BCUT2D eigenvalue weighted by molar-refractivity contribution is 5.37. The van der Waals surface area contributed by atoms with Gasteiger partial charge in [-0.1, -0.05) is 18.2 Å². The van der Waals surface area contributed by atoms with Crippen LogP contribution >= 0.6 is 0 Å². The molecule has 4 nitrogen and oxygen atoms in total. The first-order valence-electron chi connectivity index (χ1n) is 5.14. The van der Waals surface area contributed by atoms with Gasteiger partial charge < -0.3 is 14.6 Å². The molecule has 0 atom stereocenters. The van der Waals surface area contributed by atoms with Crippen LogP contribution in [0.5, 0.6) is 5.75 Å². The number of nitrogens with zero attached hydrogens (tertiary/aromatic N) is 2. The third kappa shape index (κ3) is 2.16. The molecule has 16 heavy (non-hydrogen) atoms. The van der Waals surface area contributed by atoms with Crippen molar-refractivity contribution in [1.82, 2.24) is 9.55 Å². The van der Waals surface area contributed by atoms with Crippen molar-refractivity contribution >= 4 is 5.95 Å². The second-order valence-electron chi connectivity index (χ2n) is 3.53. The van der Waals surface area contributed by atoms with Crippen LogP contribution in [0.25, 0.3) is 0 Å². The monoisotopic (exact) mass is 217 g/mol. The molecule has 0 spiro atoms. The average molecular weight is 217 g/mol. The minimum atomic E-state index is 0.703. The number of hydrogen-bond acceptors (Lipinski definition) is 3. The molecular formula is C12H15N3O.